The molecule has 0 fully saturated rings. The third-order valence-corrected chi connectivity index (χ3v) is 2.60. The number of rotatable bonds is 4. The van der Waals surface area contributed by atoms with Gasteiger partial charge in [-0.2, -0.15) is 0 Å². The molecule has 0 aliphatic carbocycles. The van der Waals surface area contributed by atoms with Crippen LogP contribution in [0.2, 0.25) is 0 Å². The van der Waals surface area contributed by atoms with Crippen LogP contribution < -0.4 is 5.73 Å². The summed E-state index contributed by atoms with van der Waals surface area (Å²) >= 11 is 0. The van der Waals surface area contributed by atoms with Crippen LogP contribution in [0.5, 0.6) is 0 Å². The van der Waals surface area contributed by atoms with Crippen molar-refractivity contribution < 1.29 is 0 Å². The minimum absolute atomic E-state index is 0.188. The number of hydrogen-bond donors (Lipinski definition) is 1. The van der Waals surface area contributed by atoms with Gasteiger partial charge in [0.25, 0.3) is 0 Å². The Balaban J connectivity index is 2.54. The SMILES string of the molecule is CCC(C)C(N)Cc1nncn1C. The van der Waals surface area contributed by atoms with E-state index in [9.17, 15) is 0 Å². The summed E-state index contributed by atoms with van der Waals surface area (Å²) in [5, 5.41) is 7.82. The summed E-state index contributed by atoms with van der Waals surface area (Å²) in [7, 11) is 1.94. The van der Waals surface area contributed by atoms with Gasteiger partial charge in [-0.25, -0.2) is 0 Å². The van der Waals surface area contributed by atoms with Gasteiger partial charge in [0.15, 0.2) is 0 Å². The predicted molar refractivity (Wildman–Crippen MR) is 52.1 cm³/mol. The van der Waals surface area contributed by atoms with Crippen molar-refractivity contribution in [1.82, 2.24) is 14.8 Å². The Bertz CT molecular complexity index is 256. The van der Waals surface area contributed by atoms with Gasteiger partial charge in [-0.15, -0.1) is 10.2 Å². The molecule has 1 rings (SSSR count). The molecular weight excluding hydrogens is 164 g/mol. The van der Waals surface area contributed by atoms with E-state index in [0.29, 0.717) is 5.92 Å². The molecule has 4 nitrogen and oxygen atoms in total. The summed E-state index contributed by atoms with van der Waals surface area (Å²) in [5.41, 5.74) is 6.01. The minimum atomic E-state index is 0.188. The summed E-state index contributed by atoms with van der Waals surface area (Å²) in [5.74, 6) is 1.50. The normalized spacial score (nSPS) is 15.7. The zero-order chi connectivity index (χ0) is 9.84. The molecule has 4 heteroatoms. The first kappa shape index (κ1) is 10.2. The van der Waals surface area contributed by atoms with Crippen LogP contribution in [0.1, 0.15) is 26.1 Å². The summed E-state index contributed by atoms with van der Waals surface area (Å²) in [6.45, 7) is 4.32. The summed E-state index contributed by atoms with van der Waals surface area (Å²) in [6, 6.07) is 0.188. The van der Waals surface area contributed by atoms with Gasteiger partial charge in [-0.3, -0.25) is 0 Å². The van der Waals surface area contributed by atoms with Crippen molar-refractivity contribution in [3.63, 3.8) is 0 Å². The van der Waals surface area contributed by atoms with Crippen molar-refractivity contribution in [3.8, 4) is 0 Å². The molecule has 0 amide bonds. The van der Waals surface area contributed by atoms with E-state index in [1.54, 1.807) is 6.33 Å². The Morgan fingerprint density at radius 3 is 2.77 bits per heavy atom. The molecule has 0 saturated carbocycles. The molecule has 13 heavy (non-hydrogen) atoms. The highest BCUT2D eigenvalue weighted by molar-refractivity contribution is 4.89. The highest BCUT2D eigenvalue weighted by Crippen LogP contribution is 2.09. The average Bonchev–Trinajstić information content (AvgIpc) is 2.50. The number of hydrogen-bond acceptors (Lipinski definition) is 3. The summed E-state index contributed by atoms with van der Waals surface area (Å²) in [4.78, 5) is 0. The summed E-state index contributed by atoms with van der Waals surface area (Å²) < 4.78 is 1.92. The van der Waals surface area contributed by atoms with Crippen LogP contribution in [0.4, 0.5) is 0 Å². The molecule has 1 aromatic rings. The molecule has 0 saturated heterocycles. The van der Waals surface area contributed by atoms with E-state index in [2.05, 4.69) is 24.0 Å². The number of aromatic nitrogens is 3. The zero-order valence-corrected chi connectivity index (χ0v) is 8.57. The molecule has 0 spiro atoms. The second-order valence-corrected chi connectivity index (χ2v) is 3.61. The van der Waals surface area contributed by atoms with E-state index in [1.807, 2.05) is 11.6 Å². The number of aryl methyl sites for hydroxylation is 1. The van der Waals surface area contributed by atoms with Crippen molar-refractivity contribution in [1.29, 1.82) is 0 Å². The Hall–Kier alpha value is -0.900. The third kappa shape index (κ3) is 2.52. The smallest absolute Gasteiger partial charge is 0.134 e. The second kappa shape index (κ2) is 4.37. The fraction of sp³-hybridized carbons (Fsp3) is 0.778. The molecule has 0 aliphatic heterocycles. The third-order valence-electron chi connectivity index (χ3n) is 2.60. The van der Waals surface area contributed by atoms with Gasteiger partial charge in [-0.1, -0.05) is 20.3 Å². The van der Waals surface area contributed by atoms with Crippen LogP contribution in [-0.4, -0.2) is 20.8 Å². The van der Waals surface area contributed by atoms with Crippen LogP contribution >= 0.6 is 0 Å². The molecule has 1 heterocycles. The van der Waals surface area contributed by atoms with E-state index >= 15 is 0 Å². The molecule has 0 bridgehead atoms. The first-order valence-corrected chi connectivity index (χ1v) is 4.73. The Morgan fingerprint density at radius 2 is 2.31 bits per heavy atom. The zero-order valence-electron chi connectivity index (χ0n) is 8.57. The fourth-order valence-electron chi connectivity index (χ4n) is 1.21. The standard InChI is InChI=1S/C9H18N4/c1-4-7(2)8(10)5-9-12-11-6-13(9)3/h6-8H,4-5,10H2,1-3H3. The first-order valence-electron chi connectivity index (χ1n) is 4.73. The number of nitrogens with two attached hydrogens (primary N) is 1. The van der Waals surface area contributed by atoms with Crippen molar-refractivity contribution in [2.75, 3.05) is 0 Å². The first-order chi connectivity index (χ1) is 6.15. The molecule has 2 N–H and O–H groups in total. The largest absolute Gasteiger partial charge is 0.327 e. The fourth-order valence-corrected chi connectivity index (χ4v) is 1.21. The van der Waals surface area contributed by atoms with Gasteiger partial charge in [0.05, 0.1) is 0 Å². The van der Waals surface area contributed by atoms with Gasteiger partial charge in [0.1, 0.15) is 12.2 Å². The minimum Gasteiger partial charge on any atom is -0.327 e. The Kier molecular flexibility index (Phi) is 3.42. The van der Waals surface area contributed by atoms with E-state index in [1.165, 1.54) is 0 Å². The van der Waals surface area contributed by atoms with Gasteiger partial charge < -0.3 is 10.3 Å². The van der Waals surface area contributed by atoms with Crippen molar-refractivity contribution in [2.24, 2.45) is 18.7 Å². The van der Waals surface area contributed by atoms with Crippen LogP contribution in [0, 0.1) is 5.92 Å². The summed E-state index contributed by atoms with van der Waals surface area (Å²) in [6.07, 6.45) is 3.63. The van der Waals surface area contributed by atoms with Gasteiger partial charge in [0, 0.05) is 19.5 Å². The van der Waals surface area contributed by atoms with E-state index in [0.717, 1.165) is 18.7 Å². The monoisotopic (exact) mass is 182 g/mol. The topological polar surface area (TPSA) is 56.7 Å². The Labute approximate surface area is 79.2 Å². The van der Waals surface area contributed by atoms with Crippen molar-refractivity contribution in [3.05, 3.63) is 12.2 Å². The maximum Gasteiger partial charge on any atom is 0.134 e. The van der Waals surface area contributed by atoms with Crippen molar-refractivity contribution in [2.45, 2.75) is 32.7 Å². The van der Waals surface area contributed by atoms with Crippen molar-refractivity contribution >= 4 is 0 Å². The number of nitrogens with zero attached hydrogens (tertiary/aromatic N) is 3. The van der Waals surface area contributed by atoms with E-state index in [4.69, 9.17) is 5.73 Å². The Morgan fingerprint density at radius 1 is 1.62 bits per heavy atom. The lowest BCUT2D eigenvalue weighted by atomic mass is 9.97. The maximum atomic E-state index is 6.01. The van der Waals surface area contributed by atoms with E-state index in [-0.39, 0.29) is 6.04 Å². The predicted octanol–water partition coefficient (Wildman–Crippen LogP) is 0.731. The molecular formula is C9H18N4. The second-order valence-electron chi connectivity index (χ2n) is 3.61. The van der Waals surface area contributed by atoms with Gasteiger partial charge in [0.2, 0.25) is 0 Å². The van der Waals surface area contributed by atoms with Gasteiger partial charge >= 0.3 is 0 Å². The van der Waals surface area contributed by atoms with Gasteiger partial charge in [-0.05, 0) is 5.92 Å². The lowest BCUT2D eigenvalue weighted by Gasteiger charge is -2.17. The molecule has 0 radical (unpaired) electrons. The van der Waals surface area contributed by atoms with Crippen LogP contribution in [0.3, 0.4) is 0 Å². The molecule has 2 atom stereocenters. The molecule has 74 valence electrons. The lowest BCUT2D eigenvalue weighted by molar-refractivity contribution is 0.430. The highest BCUT2D eigenvalue weighted by atomic mass is 15.2. The van der Waals surface area contributed by atoms with Crippen LogP contribution in [0.15, 0.2) is 6.33 Å². The average molecular weight is 182 g/mol. The van der Waals surface area contributed by atoms with E-state index < -0.39 is 0 Å². The maximum absolute atomic E-state index is 6.01. The molecule has 0 aromatic carbocycles. The lowest BCUT2D eigenvalue weighted by Crippen LogP contribution is -2.31. The molecule has 1 aromatic heterocycles. The molecule has 2 unspecified atom stereocenters. The quantitative estimate of drug-likeness (QED) is 0.747. The van der Waals surface area contributed by atoms with Crippen LogP contribution in [-0.2, 0) is 13.5 Å². The highest BCUT2D eigenvalue weighted by Gasteiger charge is 2.13. The van der Waals surface area contributed by atoms with Crippen LogP contribution in [0.25, 0.3) is 0 Å². The molecule has 0 aliphatic rings.